The number of aryl methyl sites for hydroxylation is 1. The Hall–Kier alpha value is -2.68. The highest BCUT2D eigenvalue weighted by Gasteiger charge is 2.27. The number of nitrogens with two attached hydrogens (primary N) is 1. The molecule has 0 spiro atoms. The van der Waals surface area contributed by atoms with Gasteiger partial charge in [-0.2, -0.15) is 10.4 Å². The van der Waals surface area contributed by atoms with Gasteiger partial charge in [0, 0.05) is 17.4 Å². The fourth-order valence-corrected chi connectivity index (χ4v) is 3.42. The topological polar surface area (TPSA) is 26.0 Å². The Morgan fingerprint density at radius 2 is 1.33 bits per heavy atom. The van der Waals surface area contributed by atoms with E-state index in [1.165, 1.54) is 32.7 Å². The summed E-state index contributed by atoms with van der Waals surface area (Å²) in [7, 11) is 0. The van der Waals surface area contributed by atoms with E-state index in [4.69, 9.17) is 5.84 Å². The van der Waals surface area contributed by atoms with Crippen molar-refractivity contribution in [2.24, 2.45) is 5.84 Å². The molecule has 1 unspecified atom stereocenters. The summed E-state index contributed by atoms with van der Waals surface area (Å²) >= 11 is 0. The first-order chi connectivity index (χ1) is 11.6. The number of fused-ring (bicyclic) bond motifs is 1. The minimum absolute atomic E-state index is 0.209. The smallest absolute Gasteiger partial charge is 0.161 e. The summed E-state index contributed by atoms with van der Waals surface area (Å²) in [5.41, 5.74) is 6.11. The molecular weight excluding hydrogens is 292 g/mol. The van der Waals surface area contributed by atoms with E-state index in [2.05, 4.69) is 68.7 Å². The van der Waals surface area contributed by atoms with Crippen LogP contribution in [0.4, 0.5) is 5.69 Å². The zero-order chi connectivity index (χ0) is 16.7. The fraction of sp³-hybridized carbons (Fsp3) is 0.0909. The predicted molar refractivity (Wildman–Crippen MR) is 102 cm³/mol. The maximum atomic E-state index is 6.72. The van der Waals surface area contributed by atoms with Crippen molar-refractivity contribution in [1.82, 2.24) is 4.59 Å². The summed E-state index contributed by atoms with van der Waals surface area (Å²) in [4.78, 5) is 0. The zero-order valence-corrected chi connectivity index (χ0v) is 14.0. The van der Waals surface area contributed by atoms with Gasteiger partial charge in [-0.05, 0) is 36.1 Å². The molecule has 24 heavy (non-hydrogen) atoms. The number of nitrogens with zero attached hydrogens (tertiary/aromatic N) is 1. The molecule has 0 radical (unpaired) electrons. The third-order valence-electron chi connectivity index (χ3n) is 4.91. The van der Waals surface area contributed by atoms with Gasteiger partial charge in [-0.3, -0.25) is 0 Å². The predicted octanol–water partition coefficient (Wildman–Crippen LogP) is 3.34. The maximum Gasteiger partial charge on any atom is 0.161 e. The van der Waals surface area contributed by atoms with Gasteiger partial charge in [-0.15, -0.1) is 0 Å². The number of para-hydroxylation sites is 1. The van der Waals surface area contributed by atoms with Gasteiger partial charge in [0.05, 0.1) is 5.22 Å². The largest absolute Gasteiger partial charge is 0.166 e. The third kappa shape index (κ3) is 2.28. The van der Waals surface area contributed by atoms with E-state index < -0.39 is 0 Å². The number of quaternary nitrogens is 1. The molecule has 3 aromatic rings. The molecule has 1 atom stereocenters. The Balaban J connectivity index is 2.03. The number of hydrogen-bond acceptors (Lipinski definition) is 1. The Bertz CT molecular complexity index is 1020. The molecule has 1 heterocycles. The molecule has 118 valence electrons. The number of rotatable bonds is 2. The summed E-state index contributed by atoms with van der Waals surface area (Å²) in [6.07, 6.45) is 4.30. The summed E-state index contributed by atoms with van der Waals surface area (Å²) in [6.45, 7) is 4.34. The molecule has 0 saturated heterocycles. The quantitative estimate of drug-likeness (QED) is 0.570. The van der Waals surface area contributed by atoms with Crippen LogP contribution in [0.1, 0.15) is 11.1 Å². The van der Waals surface area contributed by atoms with Crippen LogP contribution in [0, 0.1) is 13.8 Å². The lowest BCUT2D eigenvalue weighted by atomic mass is 9.97. The average Bonchev–Trinajstić information content (AvgIpc) is 2.99. The molecule has 1 aliphatic rings. The van der Waals surface area contributed by atoms with E-state index in [-0.39, 0.29) is 4.59 Å². The fourth-order valence-electron chi connectivity index (χ4n) is 3.42. The van der Waals surface area contributed by atoms with E-state index in [1.54, 1.807) is 0 Å². The molecule has 2 heteroatoms. The minimum atomic E-state index is 0.209. The SMILES string of the molecule is Cc1cc(-c2ccccc2)c2c(c1C)=C[N+](N)(c1ccccc1)C=2. The van der Waals surface area contributed by atoms with Gasteiger partial charge in [0.25, 0.3) is 0 Å². The molecule has 2 N–H and O–H groups in total. The molecular formula is C22H21N2+. The van der Waals surface area contributed by atoms with Gasteiger partial charge in [0.2, 0.25) is 0 Å². The van der Waals surface area contributed by atoms with Gasteiger partial charge >= 0.3 is 0 Å². The standard InChI is InChI=1S/C22H21N2/c1-16-13-20(18-9-5-3-6-10-18)22-15-24(23,14-21(22)17(16)2)19-11-7-4-8-12-19/h3-15H,23H2,1-2H3/q+1. The summed E-state index contributed by atoms with van der Waals surface area (Å²) < 4.78 is 0.209. The molecule has 0 aromatic heterocycles. The van der Waals surface area contributed by atoms with Crippen LogP contribution in [0.25, 0.3) is 23.5 Å². The lowest BCUT2D eigenvalue weighted by Gasteiger charge is -2.20. The van der Waals surface area contributed by atoms with E-state index >= 15 is 0 Å². The first-order valence-corrected chi connectivity index (χ1v) is 8.22. The number of hydrogen-bond donors (Lipinski definition) is 1. The molecule has 2 nitrogen and oxygen atoms in total. The Morgan fingerprint density at radius 1 is 0.750 bits per heavy atom. The number of benzene rings is 3. The second-order valence-electron chi connectivity index (χ2n) is 6.49. The zero-order valence-electron chi connectivity index (χ0n) is 14.0. The van der Waals surface area contributed by atoms with Crippen molar-refractivity contribution in [3.63, 3.8) is 0 Å². The molecule has 0 aliphatic carbocycles. The molecule has 0 fully saturated rings. The van der Waals surface area contributed by atoms with E-state index in [0.717, 1.165) is 5.69 Å². The van der Waals surface area contributed by atoms with Gasteiger partial charge in [-0.1, -0.05) is 54.6 Å². The van der Waals surface area contributed by atoms with Crippen LogP contribution >= 0.6 is 0 Å². The van der Waals surface area contributed by atoms with E-state index in [0.29, 0.717) is 0 Å². The minimum Gasteiger partial charge on any atom is -0.166 e. The highest BCUT2D eigenvalue weighted by atomic mass is 15.6. The van der Waals surface area contributed by atoms with Crippen molar-refractivity contribution < 1.29 is 0 Å². The summed E-state index contributed by atoms with van der Waals surface area (Å²) in [5.74, 6) is 6.72. The molecule has 1 aliphatic heterocycles. The van der Waals surface area contributed by atoms with Crippen LogP contribution in [0.3, 0.4) is 0 Å². The van der Waals surface area contributed by atoms with Crippen molar-refractivity contribution in [3.8, 4) is 11.1 Å². The summed E-state index contributed by atoms with van der Waals surface area (Å²) in [5, 5.41) is 2.45. The van der Waals surface area contributed by atoms with Crippen molar-refractivity contribution >= 4 is 18.1 Å². The van der Waals surface area contributed by atoms with Crippen molar-refractivity contribution in [3.05, 3.63) is 88.3 Å². The van der Waals surface area contributed by atoms with Crippen LogP contribution in [0.5, 0.6) is 0 Å². The first-order valence-electron chi connectivity index (χ1n) is 8.22. The van der Waals surface area contributed by atoms with Crippen molar-refractivity contribution in [1.29, 1.82) is 0 Å². The molecule has 3 aromatic carbocycles. The summed E-state index contributed by atoms with van der Waals surface area (Å²) in [6, 6.07) is 23.0. The van der Waals surface area contributed by atoms with Gasteiger partial charge in [-0.25, -0.2) is 0 Å². The Morgan fingerprint density at radius 3 is 2.00 bits per heavy atom. The van der Waals surface area contributed by atoms with Crippen LogP contribution in [-0.4, -0.2) is 0 Å². The second kappa shape index (κ2) is 5.45. The first kappa shape index (κ1) is 14.9. The van der Waals surface area contributed by atoms with Crippen molar-refractivity contribution in [2.45, 2.75) is 13.8 Å². The molecule has 0 bridgehead atoms. The van der Waals surface area contributed by atoms with Gasteiger partial charge in [0.1, 0.15) is 12.4 Å². The van der Waals surface area contributed by atoms with Gasteiger partial charge in [0.15, 0.2) is 5.69 Å². The monoisotopic (exact) mass is 313 g/mol. The molecule has 0 amide bonds. The van der Waals surface area contributed by atoms with Crippen LogP contribution in [-0.2, 0) is 0 Å². The Labute approximate surface area is 142 Å². The maximum absolute atomic E-state index is 6.72. The van der Waals surface area contributed by atoms with Crippen molar-refractivity contribution in [2.75, 3.05) is 0 Å². The van der Waals surface area contributed by atoms with Crippen LogP contribution in [0.2, 0.25) is 0 Å². The van der Waals surface area contributed by atoms with Gasteiger partial charge < -0.3 is 0 Å². The highest BCUT2D eigenvalue weighted by molar-refractivity contribution is 5.74. The van der Waals surface area contributed by atoms with Crippen LogP contribution < -0.4 is 20.9 Å². The van der Waals surface area contributed by atoms with Crippen LogP contribution in [0.15, 0.2) is 66.7 Å². The third-order valence-corrected chi connectivity index (χ3v) is 4.91. The van der Waals surface area contributed by atoms with E-state index in [9.17, 15) is 0 Å². The normalized spacial score (nSPS) is 18.6. The second-order valence-corrected chi connectivity index (χ2v) is 6.49. The molecule has 0 saturated carbocycles. The Kier molecular flexibility index (Phi) is 3.38. The highest BCUT2D eigenvalue weighted by Crippen LogP contribution is 2.24. The lowest BCUT2D eigenvalue weighted by molar-refractivity contribution is 0.616. The lowest BCUT2D eigenvalue weighted by Crippen LogP contribution is -2.43. The average molecular weight is 313 g/mol. The molecule has 4 rings (SSSR count). The van der Waals surface area contributed by atoms with E-state index in [1.807, 2.05) is 24.3 Å².